The highest BCUT2D eigenvalue weighted by atomic mass is 16.5. The number of carboxylic acid groups (broad SMARTS) is 1. The third-order valence-corrected chi connectivity index (χ3v) is 4.10. The number of Topliss-reactive ketones (excluding diaryl/α,β-unsaturated/α-hetero) is 1. The number of ketones is 1. The van der Waals surface area contributed by atoms with E-state index < -0.39 is 11.7 Å². The Morgan fingerprint density at radius 3 is 2.67 bits per heavy atom. The van der Waals surface area contributed by atoms with Crippen LogP contribution in [-0.4, -0.2) is 47.2 Å². The predicted molar refractivity (Wildman–Crippen MR) is 65.5 cm³/mol. The molecule has 102 valence electrons. The van der Waals surface area contributed by atoms with Crippen molar-refractivity contribution in [3.05, 3.63) is 0 Å². The lowest BCUT2D eigenvalue weighted by Crippen LogP contribution is -2.56. The molecule has 0 aromatic rings. The predicted octanol–water partition coefficient (Wildman–Crippen LogP) is 1.76. The SMILES string of the molecule is CC(C)(C)C1CCC2(CN(C(=O)O)CCO2)C1=O. The number of carbonyl (C=O) groups is 2. The van der Waals surface area contributed by atoms with Crippen molar-refractivity contribution in [2.75, 3.05) is 19.7 Å². The van der Waals surface area contributed by atoms with Gasteiger partial charge in [-0.3, -0.25) is 4.79 Å². The average molecular weight is 255 g/mol. The molecule has 2 unspecified atom stereocenters. The maximum Gasteiger partial charge on any atom is 0.407 e. The normalized spacial score (nSPS) is 33.2. The lowest BCUT2D eigenvalue weighted by molar-refractivity contribution is -0.154. The van der Waals surface area contributed by atoms with Crippen molar-refractivity contribution in [3.63, 3.8) is 0 Å². The molecular formula is C13H21NO4. The number of carbonyl (C=O) groups excluding carboxylic acids is 1. The average Bonchev–Trinajstić information content (AvgIpc) is 2.56. The fourth-order valence-corrected chi connectivity index (χ4v) is 3.02. The molecule has 0 aromatic heterocycles. The Bertz CT molecular complexity index is 374. The third-order valence-electron chi connectivity index (χ3n) is 4.10. The molecule has 1 saturated heterocycles. The molecule has 1 aliphatic heterocycles. The van der Waals surface area contributed by atoms with Crippen LogP contribution in [0.2, 0.25) is 0 Å². The summed E-state index contributed by atoms with van der Waals surface area (Å²) >= 11 is 0. The Hall–Kier alpha value is -1.10. The van der Waals surface area contributed by atoms with Crippen molar-refractivity contribution in [1.29, 1.82) is 0 Å². The van der Waals surface area contributed by atoms with Gasteiger partial charge in [-0.05, 0) is 18.3 Å². The summed E-state index contributed by atoms with van der Waals surface area (Å²) < 4.78 is 5.69. The number of rotatable bonds is 0. The fourth-order valence-electron chi connectivity index (χ4n) is 3.02. The molecular weight excluding hydrogens is 234 g/mol. The smallest absolute Gasteiger partial charge is 0.407 e. The van der Waals surface area contributed by atoms with Crippen LogP contribution in [0.25, 0.3) is 0 Å². The van der Waals surface area contributed by atoms with Gasteiger partial charge in [0.25, 0.3) is 0 Å². The van der Waals surface area contributed by atoms with Gasteiger partial charge in [-0.25, -0.2) is 4.79 Å². The van der Waals surface area contributed by atoms with Crippen LogP contribution in [0.15, 0.2) is 0 Å². The molecule has 5 heteroatoms. The molecule has 2 atom stereocenters. The van der Waals surface area contributed by atoms with E-state index in [2.05, 4.69) is 0 Å². The second kappa shape index (κ2) is 4.23. The van der Waals surface area contributed by atoms with E-state index in [1.165, 1.54) is 4.90 Å². The van der Waals surface area contributed by atoms with Crippen molar-refractivity contribution in [2.24, 2.45) is 11.3 Å². The Balaban J connectivity index is 2.18. The molecule has 1 N–H and O–H groups in total. The van der Waals surface area contributed by atoms with E-state index in [4.69, 9.17) is 9.84 Å². The van der Waals surface area contributed by atoms with Gasteiger partial charge in [-0.2, -0.15) is 0 Å². The van der Waals surface area contributed by atoms with Crippen LogP contribution in [0.4, 0.5) is 4.79 Å². The summed E-state index contributed by atoms with van der Waals surface area (Å²) in [6, 6.07) is 0. The topological polar surface area (TPSA) is 66.8 Å². The molecule has 0 aromatic carbocycles. The van der Waals surface area contributed by atoms with Gasteiger partial charge in [0, 0.05) is 12.5 Å². The van der Waals surface area contributed by atoms with Gasteiger partial charge >= 0.3 is 6.09 Å². The van der Waals surface area contributed by atoms with Crippen molar-refractivity contribution in [1.82, 2.24) is 4.90 Å². The van der Waals surface area contributed by atoms with Gasteiger partial charge in [0.1, 0.15) is 5.60 Å². The lowest BCUT2D eigenvalue weighted by Gasteiger charge is -2.39. The minimum atomic E-state index is -0.968. The first kappa shape index (κ1) is 13.3. The van der Waals surface area contributed by atoms with E-state index in [0.717, 1.165) is 6.42 Å². The molecule has 1 aliphatic carbocycles. The molecule has 18 heavy (non-hydrogen) atoms. The number of hydrogen-bond donors (Lipinski definition) is 1. The highest BCUT2D eigenvalue weighted by Crippen LogP contribution is 2.44. The summed E-state index contributed by atoms with van der Waals surface area (Å²) in [6.45, 7) is 7.00. The molecule has 1 spiro atoms. The van der Waals surface area contributed by atoms with Crippen LogP contribution in [0, 0.1) is 11.3 Å². The molecule has 5 nitrogen and oxygen atoms in total. The highest BCUT2D eigenvalue weighted by Gasteiger charge is 2.54. The zero-order valence-electron chi connectivity index (χ0n) is 11.2. The summed E-state index contributed by atoms with van der Waals surface area (Å²) in [4.78, 5) is 24.9. The van der Waals surface area contributed by atoms with Gasteiger partial charge < -0.3 is 14.7 Å². The number of hydrogen-bond acceptors (Lipinski definition) is 3. The van der Waals surface area contributed by atoms with Crippen LogP contribution >= 0.6 is 0 Å². The lowest BCUT2D eigenvalue weighted by atomic mass is 9.78. The molecule has 1 heterocycles. The van der Waals surface area contributed by atoms with Crippen LogP contribution in [0.3, 0.4) is 0 Å². The van der Waals surface area contributed by atoms with E-state index >= 15 is 0 Å². The van der Waals surface area contributed by atoms with Gasteiger partial charge in [-0.15, -0.1) is 0 Å². The first-order chi connectivity index (χ1) is 8.26. The van der Waals surface area contributed by atoms with Gasteiger partial charge in [-0.1, -0.05) is 20.8 Å². The van der Waals surface area contributed by atoms with E-state index in [0.29, 0.717) is 19.6 Å². The standard InChI is InChI=1S/C13H21NO4/c1-12(2,3)9-4-5-13(10(9)15)8-14(11(16)17)6-7-18-13/h9H,4-8H2,1-3H3,(H,16,17). The molecule has 2 rings (SSSR count). The Morgan fingerprint density at radius 2 is 2.17 bits per heavy atom. The largest absolute Gasteiger partial charge is 0.465 e. The summed E-state index contributed by atoms with van der Waals surface area (Å²) in [5, 5.41) is 9.05. The Morgan fingerprint density at radius 1 is 1.50 bits per heavy atom. The molecule has 0 bridgehead atoms. The fraction of sp³-hybridized carbons (Fsp3) is 0.846. The zero-order valence-corrected chi connectivity index (χ0v) is 11.2. The summed E-state index contributed by atoms with van der Waals surface area (Å²) in [7, 11) is 0. The van der Waals surface area contributed by atoms with Gasteiger partial charge in [0.15, 0.2) is 5.78 Å². The summed E-state index contributed by atoms with van der Waals surface area (Å²) in [5.41, 5.74) is -0.968. The maximum absolute atomic E-state index is 12.6. The van der Waals surface area contributed by atoms with Crippen molar-refractivity contribution < 1.29 is 19.4 Å². The van der Waals surface area contributed by atoms with Crippen molar-refractivity contribution in [2.45, 2.75) is 39.2 Å². The number of ether oxygens (including phenoxy) is 1. The number of morpholine rings is 1. The zero-order chi connectivity index (χ0) is 13.6. The van der Waals surface area contributed by atoms with E-state index in [1.807, 2.05) is 20.8 Å². The van der Waals surface area contributed by atoms with E-state index in [9.17, 15) is 9.59 Å². The summed E-state index contributed by atoms with van der Waals surface area (Å²) in [6.07, 6.45) is 0.456. The summed E-state index contributed by atoms with van der Waals surface area (Å²) in [5.74, 6) is 0.0483. The highest BCUT2D eigenvalue weighted by molar-refractivity contribution is 5.93. The van der Waals surface area contributed by atoms with Crippen LogP contribution in [0.5, 0.6) is 0 Å². The van der Waals surface area contributed by atoms with Crippen LogP contribution in [-0.2, 0) is 9.53 Å². The Kier molecular flexibility index (Phi) is 3.13. The van der Waals surface area contributed by atoms with Gasteiger partial charge in [0.05, 0.1) is 13.2 Å². The second-order valence-electron chi connectivity index (χ2n) is 6.37. The first-order valence-electron chi connectivity index (χ1n) is 6.42. The number of nitrogens with zero attached hydrogens (tertiary/aromatic N) is 1. The quantitative estimate of drug-likeness (QED) is 0.716. The molecule has 2 fully saturated rings. The van der Waals surface area contributed by atoms with Gasteiger partial charge in [0.2, 0.25) is 0 Å². The second-order valence-corrected chi connectivity index (χ2v) is 6.37. The van der Waals surface area contributed by atoms with Crippen LogP contribution in [0.1, 0.15) is 33.6 Å². The maximum atomic E-state index is 12.6. The molecule has 1 amide bonds. The molecule has 1 saturated carbocycles. The van der Waals surface area contributed by atoms with Crippen molar-refractivity contribution in [3.8, 4) is 0 Å². The molecule has 0 radical (unpaired) electrons. The monoisotopic (exact) mass is 255 g/mol. The Labute approximate surface area is 107 Å². The number of amides is 1. The van der Waals surface area contributed by atoms with E-state index in [-0.39, 0.29) is 23.7 Å². The first-order valence-corrected chi connectivity index (χ1v) is 6.42. The van der Waals surface area contributed by atoms with Crippen LogP contribution < -0.4 is 0 Å². The van der Waals surface area contributed by atoms with Crippen molar-refractivity contribution >= 4 is 11.9 Å². The minimum absolute atomic E-state index is 0.0359. The third kappa shape index (κ3) is 2.11. The van der Waals surface area contributed by atoms with E-state index in [1.54, 1.807) is 0 Å². The molecule has 2 aliphatic rings. The minimum Gasteiger partial charge on any atom is -0.465 e.